The zero-order valence-electron chi connectivity index (χ0n) is 6.48. The van der Waals surface area contributed by atoms with Crippen LogP contribution in [0.1, 0.15) is 13.8 Å². The quantitative estimate of drug-likeness (QED) is 0.520. The van der Waals surface area contributed by atoms with Gasteiger partial charge >= 0.3 is 0 Å². The van der Waals surface area contributed by atoms with Gasteiger partial charge in [-0.05, 0) is 13.8 Å². The van der Waals surface area contributed by atoms with Gasteiger partial charge in [-0.25, -0.2) is 0 Å². The summed E-state index contributed by atoms with van der Waals surface area (Å²) in [5, 5.41) is 6.39. The number of nitrogens with one attached hydrogen (secondary N) is 2. The van der Waals surface area contributed by atoms with Crippen LogP contribution >= 0.6 is 0 Å². The van der Waals surface area contributed by atoms with Crippen LogP contribution in [-0.4, -0.2) is 31.0 Å². The van der Waals surface area contributed by atoms with E-state index >= 15 is 0 Å². The van der Waals surface area contributed by atoms with Crippen LogP contribution in [0, 0.1) is 0 Å². The molecule has 1 saturated heterocycles. The number of carbonyl (C=O) groups excluding carboxylic acids is 1. The summed E-state index contributed by atoms with van der Waals surface area (Å²) >= 11 is 0. The first-order valence-corrected chi connectivity index (χ1v) is 3.67. The summed E-state index contributed by atoms with van der Waals surface area (Å²) < 4.78 is 0. The molecule has 0 spiro atoms. The third-order valence-corrected chi connectivity index (χ3v) is 1.83. The highest BCUT2D eigenvalue weighted by atomic mass is 16.1. The molecule has 0 saturated carbocycles. The van der Waals surface area contributed by atoms with Gasteiger partial charge in [-0.15, -0.1) is 0 Å². The standard InChI is InChI=1S/C7H14N2O/c1-5-3-9-7(4-8-5)6(2)10/h5,7-9H,3-4H2,1-2H3. The number of Topliss-reactive ketones (excluding diaryl/α,β-unsaturated/α-hetero) is 1. The van der Waals surface area contributed by atoms with E-state index in [4.69, 9.17) is 0 Å². The van der Waals surface area contributed by atoms with Crippen LogP contribution in [0.5, 0.6) is 0 Å². The smallest absolute Gasteiger partial charge is 0.147 e. The first kappa shape index (κ1) is 7.69. The number of piperazine rings is 1. The fourth-order valence-electron chi connectivity index (χ4n) is 1.07. The van der Waals surface area contributed by atoms with Gasteiger partial charge in [0, 0.05) is 19.1 Å². The average molecular weight is 142 g/mol. The van der Waals surface area contributed by atoms with Crippen LogP contribution < -0.4 is 10.6 Å². The number of rotatable bonds is 1. The molecule has 3 heteroatoms. The summed E-state index contributed by atoms with van der Waals surface area (Å²) in [6.07, 6.45) is 0. The van der Waals surface area contributed by atoms with E-state index in [0.29, 0.717) is 6.04 Å². The lowest BCUT2D eigenvalue weighted by atomic mass is 10.1. The van der Waals surface area contributed by atoms with E-state index in [1.807, 2.05) is 0 Å². The second kappa shape index (κ2) is 3.12. The van der Waals surface area contributed by atoms with Crippen molar-refractivity contribution in [2.45, 2.75) is 25.9 Å². The van der Waals surface area contributed by atoms with Crippen LogP contribution in [0.4, 0.5) is 0 Å². The third kappa shape index (κ3) is 1.78. The van der Waals surface area contributed by atoms with Gasteiger partial charge in [0.05, 0.1) is 6.04 Å². The van der Waals surface area contributed by atoms with E-state index < -0.39 is 0 Å². The topological polar surface area (TPSA) is 41.1 Å². The Morgan fingerprint density at radius 3 is 2.50 bits per heavy atom. The van der Waals surface area contributed by atoms with Crippen molar-refractivity contribution in [3.63, 3.8) is 0 Å². The predicted molar refractivity (Wildman–Crippen MR) is 39.9 cm³/mol. The van der Waals surface area contributed by atoms with Gasteiger partial charge in [0.25, 0.3) is 0 Å². The van der Waals surface area contributed by atoms with E-state index in [9.17, 15) is 4.79 Å². The Morgan fingerprint density at radius 1 is 1.40 bits per heavy atom. The molecule has 58 valence electrons. The highest BCUT2D eigenvalue weighted by Crippen LogP contribution is 1.92. The first-order chi connectivity index (χ1) is 4.70. The lowest BCUT2D eigenvalue weighted by Crippen LogP contribution is -2.55. The number of hydrogen-bond acceptors (Lipinski definition) is 3. The van der Waals surface area contributed by atoms with Crippen molar-refractivity contribution in [3.05, 3.63) is 0 Å². The highest BCUT2D eigenvalue weighted by molar-refractivity contribution is 5.81. The highest BCUT2D eigenvalue weighted by Gasteiger charge is 2.19. The third-order valence-electron chi connectivity index (χ3n) is 1.83. The minimum atomic E-state index is 0.0381. The Bertz CT molecular complexity index is 128. The minimum Gasteiger partial charge on any atom is -0.311 e. The first-order valence-electron chi connectivity index (χ1n) is 3.67. The largest absolute Gasteiger partial charge is 0.311 e. The summed E-state index contributed by atoms with van der Waals surface area (Å²) in [5.74, 6) is 0.222. The molecule has 0 aromatic heterocycles. The molecule has 3 nitrogen and oxygen atoms in total. The van der Waals surface area contributed by atoms with Gasteiger partial charge in [-0.2, -0.15) is 0 Å². The van der Waals surface area contributed by atoms with Gasteiger partial charge in [0.1, 0.15) is 5.78 Å². The molecule has 0 bridgehead atoms. The van der Waals surface area contributed by atoms with E-state index in [2.05, 4.69) is 17.6 Å². The maximum Gasteiger partial charge on any atom is 0.147 e. The lowest BCUT2D eigenvalue weighted by molar-refractivity contribution is -0.119. The van der Waals surface area contributed by atoms with Crippen molar-refractivity contribution in [3.8, 4) is 0 Å². The van der Waals surface area contributed by atoms with Crippen LogP contribution in [-0.2, 0) is 4.79 Å². The molecule has 2 atom stereocenters. The monoisotopic (exact) mass is 142 g/mol. The van der Waals surface area contributed by atoms with Crippen molar-refractivity contribution in [2.24, 2.45) is 0 Å². The van der Waals surface area contributed by atoms with Crippen molar-refractivity contribution >= 4 is 5.78 Å². The molecule has 1 aliphatic rings. The minimum absolute atomic E-state index is 0.0381. The van der Waals surface area contributed by atoms with Crippen LogP contribution in [0.3, 0.4) is 0 Å². The van der Waals surface area contributed by atoms with Crippen molar-refractivity contribution < 1.29 is 4.79 Å². The van der Waals surface area contributed by atoms with Crippen molar-refractivity contribution in [1.82, 2.24) is 10.6 Å². The van der Waals surface area contributed by atoms with Gasteiger partial charge in [-0.3, -0.25) is 4.79 Å². The maximum absolute atomic E-state index is 10.8. The van der Waals surface area contributed by atoms with Crippen molar-refractivity contribution in [2.75, 3.05) is 13.1 Å². The molecule has 1 rings (SSSR count). The molecular weight excluding hydrogens is 128 g/mol. The summed E-state index contributed by atoms with van der Waals surface area (Å²) in [4.78, 5) is 10.8. The predicted octanol–water partition coefficient (Wildman–Crippen LogP) is -0.475. The molecule has 1 aliphatic heterocycles. The normalized spacial score (nSPS) is 33.8. The summed E-state index contributed by atoms with van der Waals surface area (Å²) in [6.45, 7) is 5.39. The average Bonchev–Trinajstić information content (AvgIpc) is 1.88. The van der Waals surface area contributed by atoms with Gasteiger partial charge in [-0.1, -0.05) is 0 Å². The van der Waals surface area contributed by atoms with E-state index in [1.165, 1.54) is 0 Å². The van der Waals surface area contributed by atoms with E-state index in [1.54, 1.807) is 6.92 Å². The molecule has 10 heavy (non-hydrogen) atoms. The fraction of sp³-hybridized carbons (Fsp3) is 0.857. The molecule has 1 heterocycles. The molecule has 0 amide bonds. The fourth-order valence-corrected chi connectivity index (χ4v) is 1.07. The molecular formula is C7H14N2O. The van der Waals surface area contributed by atoms with Crippen LogP contribution in [0.2, 0.25) is 0 Å². The second-order valence-electron chi connectivity index (χ2n) is 2.88. The maximum atomic E-state index is 10.8. The summed E-state index contributed by atoms with van der Waals surface area (Å²) in [7, 11) is 0. The van der Waals surface area contributed by atoms with Gasteiger partial charge < -0.3 is 10.6 Å². The molecule has 0 aliphatic carbocycles. The number of ketones is 1. The molecule has 1 fully saturated rings. The molecule has 0 aromatic carbocycles. The SMILES string of the molecule is CC(=O)C1CNC(C)CN1. The lowest BCUT2D eigenvalue weighted by Gasteiger charge is -2.27. The summed E-state index contributed by atoms with van der Waals surface area (Å²) in [6, 6.07) is 0.534. The van der Waals surface area contributed by atoms with Crippen LogP contribution in [0.15, 0.2) is 0 Å². The molecule has 2 unspecified atom stereocenters. The zero-order chi connectivity index (χ0) is 7.56. The second-order valence-corrected chi connectivity index (χ2v) is 2.88. The Hall–Kier alpha value is -0.410. The Morgan fingerprint density at radius 2 is 2.10 bits per heavy atom. The van der Waals surface area contributed by atoms with E-state index in [-0.39, 0.29) is 11.8 Å². The van der Waals surface area contributed by atoms with Gasteiger partial charge in [0.15, 0.2) is 0 Å². The van der Waals surface area contributed by atoms with Crippen molar-refractivity contribution in [1.29, 1.82) is 0 Å². The molecule has 2 N–H and O–H groups in total. The summed E-state index contributed by atoms with van der Waals surface area (Å²) in [5.41, 5.74) is 0. The number of hydrogen-bond donors (Lipinski definition) is 2. The van der Waals surface area contributed by atoms with E-state index in [0.717, 1.165) is 13.1 Å². The number of carbonyl (C=O) groups is 1. The molecule has 0 aromatic rings. The Labute approximate surface area is 61.2 Å². The zero-order valence-corrected chi connectivity index (χ0v) is 6.48. The van der Waals surface area contributed by atoms with Crippen LogP contribution in [0.25, 0.3) is 0 Å². The Balaban J connectivity index is 2.33. The Kier molecular flexibility index (Phi) is 2.40. The molecule has 0 radical (unpaired) electrons. The van der Waals surface area contributed by atoms with Gasteiger partial charge in [0.2, 0.25) is 0 Å².